The van der Waals surface area contributed by atoms with Crippen molar-refractivity contribution < 1.29 is 13.0 Å². The summed E-state index contributed by atoms with van der Waals surface area (Å²) in [5.74, 6) is 0. The molecule has 0 amide bonds. The standard InChI is InChI=1S/C27H48O3S/c1-2-3-4-5-6-7-8-9-10-11-12-13-14-15-16-17-18-19-20-22-26-23-21-24-27(25-26)31(28,29)30/h21,23-25H,2-20,22H2,1H3,(H,28,29,30). The average molecular weight is 453 g/mol. The van der Waals surface area contributed by atoms with E-state index in [9.17, 15) is 8.42 Å². The molecular weight excluding hydrogens is 404 g/mol. The van der Waals surface area contributed by atoms with Crippen molar-refractivity contribution in [3.05, 3.63) is 29.8 Å². The second kappa shape index (κ2) is 18.7. The fourth-order valence-electron chi connectivity index (χ4n) is 4.27. The number of unbranched alkanes of at least 4 members (excludes halogenated alkanes) is 18. The molecule has 0 bridgehead atoms. The van der Waals surface area contributed by atoms with E-state index in [1.807, 2.05) is 6.07 Å². The monoisotopic (exact) mass is 452 g/mol. The molecule has 0 aliphatic carbocycles. The van der Waals surface area contributed by atoms with Crippen molar-refractivity contribution in [2.24, 2.45) is 0 Å². The van der Waals surface area contributed by atoms with Crippen LogP contribution in [0.25, 0.3) is 0 Å². The first kappa shape index (κ1) is 28.2. The minimum atomic E-state index is -4.09. The Kier molecular flexibility index (Phi) is 17.0. The summed E-state index contributed by atoms with van der Waals surface area (Å²) in [6.07, 6.45) is 26.9. The molecule has 3 nitrogen and oxygen atoms in total. The molecular formula is C27H48O3S. The average Bonchev–Trinajstić information content (AvgIpc) is 2.75. The van der Waals surface area contributed by atoms with Crippen LogP contribution in [0.15, 0.2) is 29.2 Å². The minimum Gasteiger partial charge on any atom is -0.282 e. The predicted octanol–water partition coefficient (Wildman–Crippen LogP) is 8.91. The van der Waals surface area contributed by atoms with E-state index < -0.39 is 10.1 Å². The van der Waals surface area contributed by atoms with E-state index in [-0.39, 0.29) is 4.90 Å². The van der Waals surface area contributed by atoms with E-state index in [0.29, 0.717) is 0 Å². The van der Waals surface area contributed by atoms with Gasteiger partial charge in [-0.15, -0.1) is 0 Å². The van der Waals surface area contributed by atoms with Crippen molar-refractivity contribution in [3.63, 3.8) is 0 Å². The third-order valence-electron chi connectivity index (χ3n) is 6.27. The Morgan fingerprint density at radius 2 is 1.00 bits per heavy atom. The Bertz CT molecular complexity index is 640. The summed E-state index contributed by atoms with van der Waals surface area (Å²) in [7, 11) is -4.09. The molecule has 180 valence electrons. The topological polar surface area (TPSA) is 54.4 Å². The van der Waals surface area contributed by atoms with Crippen molar-refractivity contribution >= 4 is 10.1 Å². The van der Waals surface area contributed by atoms with Crippen LogP contribution in [-0.2, 0) is 16.5 Å². The van der Waals surface area contributed by atoms with Crippen LogP contribution in [0.2, 0.25) is 0 Å². The SMILES string of the molecule is CCCCCCCCCCCCCCCCCCCCCc1cccc(S(=O)(=O)O)c1. The van der Waals surface area contributed by atoms with Gasteiger partial charge < -0.3 is 0 Å². The van der Waals surface area contributed by atoms with Crippen molar-refractivity contribution in [2.75, 3.05) is 0 Å². The molecule has 0 fully saturated rings. The van der Waals surface area contributed by atoms with Gasteiger partial charge in [-0.05, 0) is 30.5 Å². The van der Waals surface area contributed by atoms with Gasteiger partial charge in [0.15, 0.2) is 0 Å². The van der Waals surface area contributed by atoms with Gasteiger partial charge in [-0.3, -0.25) is 4.55 Å². The first-order chi connectivity index (χ1) is 15.0. The Labute approximate surface area is 193 Å². The molecule has 0 saturated heterocycles. The maximum Gasteiger partial charge on any atom is 0.294 e. The third kappa shape index (κ3) is 16.4. The van der Waals surface area contributed by atoms with Gasteiger partial charge in [0, 0.05) is 0 Å². The Hall–Kier alpha value is -0.870. The molecule has 0 aromatic heterocycles. The van der Waals surface area contributed by atoms with Gasteiger partial charge in [-0.1, -0.05) is 135 Å². The summed E-state index contributed by atoms with van der Waals surface area (Å²) in [5, 5.41) is 0. The highest BCUT2D eigenvalue weighted by Crippen LogP contribution is 2.16. The lowest BCUT2D eigenvalue weighted by Gasteiger charge is -2.05. The van der Waals surface area contributed by atoms with Crippen LogP contribution in [0, 0.1) is 0 Å². The second-order valence-electron chi connectivity index (χ2n) is 9.24. The van der Waals surface area contributed by atoms with Crippen LogP contribution < -0.4 is 0 Å². The molecule has 0 heterocycles. The van der Waals surface area contributed by atoms with Gasteiger partial charge in [0.1, 0.15) is 0 Å². The van der Waals surface area contributed by atoms with Crippen molar-refractivity contribution in [1.29, 1.82) is 0 Å². The lowest BCUT2D eigenvalue weighted by atomic mass is 10.0. The summed E-state index contributed by atoms with van der Waals surface area (Å²) >= 11 is 0. The van der Waals surface area contributed by atoms with E-state index in [1.165, 1.54) is 122 Å². The van der Waals surface area contributed by atoms with Crippen LogP contribution in [0.3, 0.4) is 0 Å². The van der Waals surface area contributed by atoms with Gasteiger partial charge in [0.2, 0.25) is 0 Å². The zero-order chi connectivity index (χ0) is 22.6. The van der Waals surface area contributed by atoms with E-state index in [4.69, 9.17) is 4.55 Å². The molecule has 0 aliphatic rings. The molecule has 1 N–H and O–H groups in total. The smallest absolute Gasteiger partial charge is 0.282 e. The summed E-state index contributed by atoms with van der Waals surface area (Å²) in [4.78, 5) is 0.00260. The Balaban J connectivity index is 1.82. The number of aryl methyl sites for hydroxylation is 1. The largest absolute Gasteiger partial charge is 0.294 e. The fourth-order valence-corrected chi connectivity index (χ4v) is 4.82. The van der Waals surface area contributed by atoms with E-state index >= 15 is 0 Å². The maximum atomic E-state index is 11.2. The molecule has 0 atom stereocenters. The lowest BCUT2D eigenvalue weighted by molar-refractivity contribution is 0.483. The predicted molar refractivity (Wildman–Crippen MR) is 133 cm³/mol. The van der Waals surface area contributed by atoms with Gasteiger partial charge in [0.25, 0.3) is 10.1 Å². The number of benzene rings is 1. The summed E-state index contributed by atoms with van der Waals surface area (Å²) < 4.78 is 31.5. The molecule has 1 aromatic carbocycles. The summed E-state index contributed by atoms with van der Waals surface area (Å²) in [6.45, 7) is 2.28. The maximum absolute atomic E-state index is 11.2. The van der Waals surface area contributed by atoms with E-state index in [1.54, 1.807) is 12.1 Å². The first-order valence-electron chi connectivity index (χ1n) is 13.1. The van der Waals surface area contributed by atoms with Gasteiger partial charge in [0.05, 0.1) is 4.90 Å². The Morgan fingerprint density at radius 3 is 1.39 bits per heavy atom. The van der Waals surface area contributed by atoms with Crippen molar-refractivity contribution in [3.8, 4) is 0 Å². The van der Waals surface area contributed by atoms with Crippen LogP contribution in [-0.4, -0.2) is 13.0 Å². The number of hydrogen-bond acceptors (Lipinski definition) is 2. The number of rotatable bonds is 21. The zero-order valence-electron chi connectivity index (χ0n) is 20.1. The van der Waals surface area contributed by atoms with Gasteiger partial charge in [-0.25, -0.2) is 0 Å². The normalized spacial score (nSPS) is 11.8. The van der Waals surface area contributed by atoms with Crippen LogP contribution in [0.1, 0.15) is 134 Å². The van der Waals surface area contributed by atoms with E-state index in [0.717, 1.165) is 18.4 Å². The summed E-state index contributed by atoms with van der Waals surface area (Å²) in [5.41, 5.74) is 0.988. The van der Waals surface area contributed by atoms with Crippen molar-refractivity contribution in [2.45, 2.75) is 140 Å². The van der Waals surface area contributed by atoms with Crippen LogP contribution >= 0.6 is 0 Å². The second-order valence-corrected chi connectivity index (χ2v) is 10.7. The van der Waals surface area contributed by atoms with Gasteiger partial charge in [-0.2, -0.15) is 8.42 Å². The molecule has 0 unspecified atom stereocenters. The van der Waals surface area contributed by atoms with Crippen LogP contribution in [0.5, 0.6) is 0 Å². The molecule has 4 heteroatoms. The lowest BCUT2D eigenvalue weighted by Crippen LogP contribution is -1.98. The molecule has 1 rings (SSSR count). The molecule has 0 radical (unpaired) electrons. The zero-order valence-corrected chi connectivity index (χ0v) is 20.9. The molecule has 0 saturated carbocycles. The van der Waals surface area contributed by atoms with E-state index in [2.05, 4.69) is 6.92 Å². The highest BCUT2D eigenvalue weighted by Gasteiger charge is 2.09. The quantitative estimate of drug-likeness (QED) is 0.150. The van der Waals surface area contributed by atoms with Crippen molar-refractivity contribution in [1.82, 2.24) is 0 Å². The minimum absolute atomic E-state index is 0.00260. The molecule has 1 aromatic rings. The molecule has 0 spiro atoms. The Morgan fingerprint density at radius 1 is 0.613 bits per heavy atom. The number of hydrogen-bond donors (Lipinski definition) is 1. The fraction of sp³-hybridized carbons (Fsp3) is 0.778. The highest BCUT2D eigenvalue weighted by molar-refractivity contribution is 7.85. The molecule has 0 aliphatic heterocycles. The highest BCUT2D eigenvalue weighted by atomic mass is 32.2. The van der Waals surface area contributed by atoms with Crippen LogP contribution in [0.4, 0.5) is 0 Å². The molecule has 31 heavy (non-hydrogen) atoms. The van der Waals surface area contributed by atoms with Gasteiger partial charge >= 0.3 is 0 Å². The third-order valence-corrected chi connectivity index (χ3v) is 7.11. The first-order valence-corrected chi connectivity index (χ1v) is 14.5. The summed E-state index contributed by atoms with van der Waals surface area (Å²) in [6, 6.07) is 6.66.